The van der Waals surface area contributed by atoms with Crippen LogP contribution in [0.3, 0.4) is 0 Å². The molecular formula is C25H27F3N2O5. The van der Waals surface area contributed by atoms with Crippen molar-refractivity contribution in [3.05, 3.63) is 59.7 Å². The zero-order valence-corrected chi connectivity index (χ0v) is 19.3. The molecule has 0 bridgehead atoms. The number of hydrogen-bond acceptors (Lipinski definition) is 4. The summed E-state index contributed by atoms with van der Waals surface area (Å²) in [5.74, 6) is -3.32. The minimum atomic E-state index is -4.95. The molecule has 0 fully saturated rings. The number of benzene rings is 2. The summed E-state index contributed by atoms with van der Waals surface area (Å²) in [6, 6.07) is 11.1. The fourth-order valence-electron chi connectivity index (χ4n) is 4.13. The number of hydrogen-bond donors (Lipinski definition) is 3. The summed E-state index contributed by atoms with van der Waals surface area (Å²) in [4.78, 5) is 35.8. The Morgan fingerprint density at radius 2 is 1.54 bits per heavy atom. The van der Waals surface area contributed by atoms with Crippen molar-refractivity contribution >= 4 is 18.0 Å². The lowest BCUT2D eigenvalue weighted by atomic mass is 9.98. The second kappa shape index (κ2) is 10.8. The third kappa shape index (κ3) is 6.12. The predicted molar refractivity (Wildman–Crippen MR) is 122 cm³/mol. The van der Waals surface area contributed by atoms with Gasteiger partial charge < -0.3 is 20.5 Å². The number of ether oxygens (including phenoxy) is 1. The molecule has 0 radical (unpaired) electrons. The van der Waals surface area contributed by atoms with Crippen molar-refractivity contribution in [2.75, 3.05) is 6.61 Å². The van der Waals surface area contributed by atoms with E-state index in [0.29, 0.717) is 6.42 Å². The third-order valence-corrected chi connectivity index (χ3v) is 6.22. The summed E-state index contributed by atoms with van der Waals surface area (Å²) in [5, 5.41) is 13.1. The number of nitrogens with one attached hydrogen (secondary N) is 2. The standard InChI is InChI=1S/C25H27F3N2O5/c1-3-14(2)22(23(32)33)30-21(31)12-20(25(26,27)28)29-24(34)35-13-19-17-10-6-4-8-15(17)16-9-5-7-11-18(16)19/h4-11,14,19-20,22H,3,12-13H2,1-2H3,(H,29,34)(H,30,31)(H,32,33)/t14?,20?,22-/m0/s1. The first-order chi connectivity index (χ1) is 16.5. The van der Waals surface area contributed by atoms with E-state index in [-0.39, 0.29) is 12.5 Å². The van der Waals surface area contributed by atoms with Gasteiger partial charge in [-0.25, -0.2) is 9.59 Å². The van der Waals surface area contributed by atoms with Gasteiger partial charge in [-0.1, -0.05) is 68.8 Å². The van der Waals surface area contributed by atoms with E-state index in [0.717, 1.165) is 22.3 Å². The molecule has 7 nitrogen and oxygen atoms in total. The fourth-order valence-corrected chi connectivity index (χ4v) is 4.13. The van der Waals surface area contributed by atoms with Gasteiger partial charge in [0.25, 0.3) is 0 Å². The molecule has 10 heteroatoms. The van der Waals surface area contributed by atoms with Crippen LogP contribution in [0.1, 0.15) is 43.7 Å². The number of aliphatic carboxylic acids is 1. The van der Waals surface area contributed by atoms with E-state index in [1.54, 1.807) is 19.2 Å². The molecule has 0 aliphatic heterocycles. The topological polar surface area (TPSA) is 105 Å². The van der Waals surface area contributed by atoms with Crippen LogP contribution in [0.25, 0.3) is 11.1 Å². The van der Waals surface area contributed by atoms with Crippen LogP contribution in [0.5, 0.6) is 0 Å². The van der Waals surface area contributed by atoms with Crippen molar-refractivity contribution in [2.45, 2.75) is 50.9 Å². The first kappa shape index (κ1) is 26.1. The number of fused-ring (bicyclic) bond motifs is 3. The third-order valence-electron chi connectivity index (χ3n) is 6.22. The summed E-state index contributed by atoms with van der Waals surface area (Å²) < 4.78 is 45.7. The van der Waals surface area contributed by atoms with E-state index in [1.165, 1.54) is 0 Å². The van der Waals surface area contributed by atoms with Crippen molar-refractivity contribution in [1.82, 2.24) is 10.6 Å². The molecule has 2 amide bonds. The van der Waals surface area contributed by atoms with Crippen LogP contribution < -0.4 is 10.6 Å². The van der Waals surface area contributed by atoms with Gasteiger partial charge >= 0.3 is 18.2 Å². The highest BCUT2D eigenvalue weighted by atomic mass is 19.4. The number of carboxylic acids is 1. The minimum absolute atomic E-state index is 0.189. The Morgan fingerprint density at radius 3 is 2.03 bits per heavy atom. The highest BCUT2D eigenvalue weighted by Gasteiger charge is 2.43. The van der Waals surface area contributed by atoms with Crippen LogP contribution in [-0.2, 0) is 14.3 Å². The van der Waals surface area contributed by atoms with Gasteiger partial charge in [-0.15, -0.1) is 0 Å². The average Bonchev–Trinajstić information content (AvgIpc) is 3.13. The molecule has 0 saturated heterocycles. The Kier molecular flexibility index (Phi) is 8.03. The molecular weight excluding hydrogens is 465 g/mol. The van der Waals surface area contributed by atoms with Crippen LogP contribution in [0.15, 0.2) is 48.5 Å². The van der Waals surface area contributed by atoms with E-state index in [4.69, 9.17) is 4.74 Å². The monoisotopic (exact) mass is 492 g/mol. The van der Waals surface area contributed by atoms with Crippen molar-refractivity contribution in [1.29, 1.82) is 0 Å². The summed E-state index contributed by atoms with van der Waals surface area (Å²) in [5.41, 5.74) is 3.74. The summed E-state index contributed by atoms with van der Waals surface area (Å²) in [6.45, 7) is 3.07. The second-order valence-corrected chi connectivity index (χ2v) is 8.54. The Labute approximate surface area is 200 Å². The molecule has 0 spiro atoms. The molecule has 0 aromatic heterocycles. The molecule has 3 rings (SSSR count). The van der Waals surface area contributed by atoms with Gasteiger partial charge in [0.2, 0.25) is 5.91 Å². The summed E-state index contributed by atoms with van der Waals surface area (Å²) >= 11 is 0. The number of carbonyl (C=O) groups is 3. The van der Waals surface area contributed by atoms with Gasteiger partial charge in [0, 0.05) is 5.92 Å². The van der Waals surface area contributed by atoms with E-state index < -0.39 is 48.6 Å². The molecule has 3 N–H and O–H groups in total. The molecule has 2 unspecified atom stereocenters. The second-order valence-electron chi connectivity index (χ2n) is 8.54. The fraction of sp³-hybridized carbons (Fsp3) is 0.400. The van der Waals surface area contributed by atoms with Gasteiger partial charge in [0.1, 0.15) is 18.7 Å². The van der Waals surface area contributed by atoms with Crippen LogP contribution >= 0.6 is 0 Å². The smallest absolute Gasteiger partial charge is 0.409 e. The zero-order chi connectivity index (χ0) is 25.8. The van der Waals surface area contributed by atoms with Gasteiger partial charge in [-0.2, -0.15) is 13.2 Å². The van der Waals surface area contributed by atoms with E-state index >= 15 is 0 Å². The summed E-state index contributed by atoms with van der Waals surface area (Å²) in [6.07, 6.45) is -7.04. The van der Waals surface area contributed by atoms with Crippen molar-refractivity contribution in [3.8, 4) is 11.1 Å². The number of carboxylic acid groups (broad SMARTS) is 1. The lowest BCUT2D eigenvalue weighted by Crippen LogP contribution is -2.51. The first-order valence-corrected chi connectivity index (χ1v) is 11.2. The average molecular weight is 492 g/mol. The molecule has 2 aromatic rings. The summed E-state index contributed by atoms with van der Waals surface area (Å²) in [7, 11) is 0. The number of alkyl carbamates (subject to hydrolysis) is 1. The highest BCUT2D eigenvalue weighted by Crippen LogP contribution is 2.44. The lowest BCUT2D eigenvalue weighted by molar-refractivity contribution is -0.161. The first-order valence-electron chi connectivity index (χ1n) is 11.2. The molecule has 2 aromatic carbocycles. The Balaban J connectivity index is 1.65. The number of alkyl halides is 3. The number of carbonyl (C=O) groups excluding carboxylic acids is 2. The van der Waals surface area contributed by atoms with Crippen molar-refractivity contribution in [3.63, 3.8) is 0 Å². The molecule has 35 heavy (non-hydrogen) atoms. The quantitative estimate of drug-likeness (QED) is 0.479. The lowest BCUT2D eigenvalue weighted by Gasteiger charge is -2.24. The number of rotatable bonds is 9. The maximum atomic E-state index is 13.5. The number of amides is 2. The predicted octanol–water partition coefficient (Wildman–Crippen LogP) is 4.46. The maximum Gasteiger partial charge on any atom is 0.409 e. The normalized spacial score (nSPS) is 15.3. The molecule has 1 aliphatic rings. The molecule has 188 valence electrons. The Bertz CT molecular complexity index is 1040. The van der Waals surface area contributed by atoms with E-state index in [1.807, 2.05) is 48.5 Å². The molecule has 1 aliphatic carbocycles. The number of halogens is 3. The molecule has 0 saturated carbocycles. The Morgan fingerprint density at radius 1 is 1.00 bits per heavy atom. The van der Waals surface area contributed by atoms with Crippen LogP contribution in [0, 0.1) is 5.92 Å². The van der Waals surface area contributed by atoms with Crippen molar-refractivity contribution in [2.24, 2.45) is 5.92 Å². The van der Waals surface area contributed by atoms with Crippen LogP contribution in [0.2, 0.25) is 0 Å². The van der Waals surface area contributed by atoms with E-state index in [2.05, 4.69) is 5.32 Å². The Hall–Kier alpha value is -3.56. The zero-order valence-electron chi connectivity index (χ0n) is 19.3. The molecule has 3 atom stereocenters. The highest BCUT2D eigenvalue weighted by molar-refractivity contribution is 5.84. The SMILES string of the molecule is CCC(C)[C@H](NC(=O)CC(NC(=O)OCC1c2ccccc2-c2ccccc21)C(F)(F)F)C(=O)O. The van der Waals surface area contributed by atoms with Crippen molar-refractivity contribution < 1.29 is 37.4 Å². The van der Waals surface area contributed by atoms with Crippen LogP contribution in [0.4, 0.5) is 18.0 Å². The molecule has 0 heterocycles. The minimum Gasteiger partial charge on any atom is -0.480 e. The van der Waals surface area contributed by atoms with Gasteiger partial charge in [-0.3, -0.25) is 4.79 Å². The van der Waals surface area contributed by atoms with E-state index in [9.17, 15) is 32.7 Å². The van der Waals surface area contributed by atoms with Gasteiger partial charge in [-0.05, 0) is 28.2 Å². The van der Waals surface area contributed by atoms with Gasteiger partial charge in [0.05, 0.1) is 6.42 Å². The van der Waals surface area contributed by atoms with Gasteiger partial charge in [0.15, 0.2) is 0 Å². The maximum absolute atomic E-state index is 13.5. The largest absolute Gasteiger partial charge is 0.480 e. The van der Waals surface area contributed by atoms with Crippen LogP contribution in [-0.4, -0.2) is 47.9 Å².